The molecule has 0 radical (unpaired) electrons. The molecule has 5 nitrogen and oxygen atoms in total. The molecule has 0 aromatic carbocycles. The second kappa shape index (κ2) is 6.59. The minimum Gasteiger partial charge on any atom is -0.332 e. The van der Waals surface area contributed by atoms with Gasteiger partial charge in [-0.2, -0.15) is 0 Å². The molecule has 0 aromatic rings. The smallest absolute Gasteiger partial charge is 0.242 e. The van der Waals surface area contributed by atoms with Crippen LogP contribution >= 0.6 is 0 Å². The van der Waals surface area contributed by atoms with Gasteiger partial charge in [0.15, 0.2) is 0 Å². The zero-order valence-electron chi connectivity index (χ0n) is 11.0. The molecular weight excluding hydrogens is 218 g/mol. The SMILES string of the molecule is CCCC(CN1CC(=O)N(CC)CC1=O)NC. The Labute approximate surface area is 103 Å². The van der Waals surface area contributed by atoms with Gasteiger partial charge in [0.25, 0.3) is 0 Å². The first-order chi connectivity index (χ1) is 8.12. The van der Waals surface area contributed by atoms with E-state index in [1.54, 1.807) is 9.80 Å². The van der Waals surface area contributed by atoms with Gasteiger partial charge in [-0.25, -0.2) is 0 Å². The summed E-state index contributed by atoms with van der Waals surface area (Å²) in [5.74, 6) is 0.112. The first-order valence-corrected chi connectivity index (χ1v) is 6.35. The molecule has 0 spiro atoms. The van der Waals surface area contributed by atoms with Crippen molar-refractivity contribution >= 4 is 11.8 Å². The molecule has 98 valence electrons. The van der Waals surface area contributed by atoms with Crippen LogP contribution in [-0.4, -0.2) is 60.9 Å². The van der Waals surface area contributed by atoms with Crippen molar-refractivity contribution in [2.45, 2.75) is 32.7 Å². The van der Waals surface area contributed by atoms with Gasteiger partial charge in [-0.15, -0.1) is 0 Å². The maximum absolute atomic E-state index is 11.9. The number of piperazine rings is 1. The van der Waals surface area contributed by atoms with E-state index in [1.165, 1.54) is 0 Å². The largest absolute Gasteiger partial charge is 0.332 e. The first-order valence-electron chi connectivity index (χ1n) is 6.35. The number of nitrogens with one attached hydrogen (secondary N) is 1. The normalized spacial score (nSPS) is 18.8. The molecule has 1 aliphatic rings. The molecule has 2 amide bonds. The Morgan fingerprint density at radius 3 is 2.29 bits per heavy atom. The standard InChI is InChI=1S/C12H23N3O2/c1-4-6-10(13-3)7-15-9-11(16)14(5-2)8-12(15)17/h10,13H,4-9H2,1-3H3. The number of rotatable bonds is 6. The summed E-state index contributed by atoms with van der Waals surface area (Å²) in [6, 6.07) is 0.282. The van der Waals surface area contributed by atoms with Gasteiger partial charge in [-0.1, -0.05) is 13.3 Å². The second-order valence-corrected chi connectivity index (χ2v) is 4.46. The Morgan fingerprint density at radius 1 is 1.18 bits per heavy atom. The van der Waals surface area contributed by atoms with E-state index in [0.29, 0.717) is 13.1 Å². The molecule has 5 heteroatoms. The van der Waals surface area contributed by atoms with E-state index in [4.69, 9.17) is 0 Å². The van der Waals surface area contributed by atoms with Crippen molar-refractivity contribution in [1.82, 2.24) is 15.1 Å². The predicted molar refractivity (Wildman–Crippen MR) is 66.6 cm³/mol. The van der Waals surface area contributed by atoms with Gasteiger partial charge < -0.3 is 15.1 Å². The van der Waals surface area contributed by atoms with Crippen LogP contribution in [0.4, 0.5) is 0 Å². The van der Waals surface area contributed by atoms with Crippen molar-refractivity contribution in [2.24, 2.45) is 0 Å². The predicted octanol–water partition coefficient (Wildman–Crippen LogP) is 0.0652. The van der Waals surface area contributed by atoms with E-state index < -0.39 is 0 Å². The van der Waals surface area contributed by atoms with Crippen LogP contribution in [0.1, 0.15) is 26.7 Å². The van der Waals surface area contributed by atoms with Crippen LogP contribution in [0.15, 0.2) is 0 Å². The van der Waals surface area contributed by atoms with Crippen molar-refractivity contribution in [3.05, 3.63) is 0 Å². The Balaban J connectivity index is 2.54. The summed E-state index contributed by atoms with van der Waals surface area (Å²) >= 11 is 0. The molecular formula is C12H23N3O2. The number of likely N-dealkylation sites (N-methyl/N-ethyl adjacent to an activating group) is 2. The van der Waals surface area contributed by atoms with Crippen molar-refractivity contribution < 1.29 is 9.59 Å². The van der Waals surface area contributed by atoms with Crippen LogP contribution < -0.4 is 5.32 Å². The lowest BCUT2D eigenvalue weighted by molar-refractivity contribution is -0.150. The van der Waals surface area contributed by atoms with Crippen molar-refractivity contribution in [3.8, 4) is 0 Å². The molecule has 17 heavy (non-hydrogen) atoms. The molecule has 1 aliphatic heterocycles. The van der Waals surface area contributed by atoms with Crippen molar-refractivity contribution in [2.75, 3.05) is 33.2 Å². The highest BCUT2D eigenvalue weighted by Crippen LogP contribution is 2.07. The number of hydrogen-bond donors (Lipinski definition) is 1. The number of carbonyl (C=O) groups excluding carboxylic acids is 2. The molecule has 1 N–H and O–H groups in total. The van der Waals surface area contributed by atoms with Crippen LogP contribution in [-0.2, 0) is 9.59 Å². The fourth-order valence-electron chi connectivity index (χ4n) is 2.10. The fraction of sp³-hybridized carbons (Fsp3) is 0.833. The summed E-state index contributed by atoms with van der Waals surface area (Å²) in [5.41, 5.74) is 0. The average molecular weight is 241 g/mol. The third kappa shape index (κ3) is 3.70. The third-order valence-electron chi connectivity index (χ3n) is 3.23. The van der Waals surface area contributed by atoms with Crippen LogP contribution in [0.2, 0.25) is 0 Å². The van der Waals surface area contributed by atoms with Gasteiger partial charge in [0.2, 0.25) is 11.8 Å². The van der Waals surface area contributed by atoms with Crippen LogP contribution in [0, 0.1) is 0 Å². The molecule has 0 bridgehead atoms. The van der Waals surface area contributed by atoms with Gasteiger partial charge >= 0.3 is 0 Å². The fourth-order valence-corrected chi connectivity index (χ4v) is 2.10. The van der Waals surface area contributed by atoms with Crippen LogP contribution in [0.3, 0.4) is 0 Å². The molecule has 0 saturated carbocycles. The summed E-state index contributed by atoms with van der Waals surface area (Å²) in [5, 5.41) is 3.19. The van der Waals surface area contributed by atoms with E-state index in [1.807, 2.05) is 14.0 Å². The molecule has 0 aliphatic carbocycles. The van der Waals surface area contributed by atoms with Gasteiger partial charge in [0.1, 0.15) is 0 Å². The van der Waals surface area contributed by atoms with E-state index >= 15 is 0 Å². The highest BCUT2D eigenvalue weighted by Gasteiger charge is 2.29. The highest BCUT2D eigenvalue weighted by atomic mass is 16.2. The van der Waals surface area contributed by atoms with Gasteiger partial charge in [0, 0.05) is 19.1 Å². The van der Waals surface area contributed by atoms with Gasteiger partial charge in [0.05, 0.1) is 13.1 Å². The van der Waals surface area contributed by atoms with Gasteiger partial charge in [-0.05, 0) is 20.4 Å². The zero-order valence-corrected chi connectivity index (χ0v) is 11.0. The van der Waals surface area contributed by atoms with E-state index in [0.717, 1.165) is 12.8 Å². The lowest BCUT2D eigenvalue weighted by atomic mass is 10.1. The maximum atomic E-state index is 11.9. The van der Waals surface area contributed by atoms with Crippen LogP contribution in [0.5, 0.6) is 0 Å². The Bertz CT molecular complexity index is 281. The lowest BCUT2D eigenvalue weighted by Crippen LogP contribution is -2.56. The van der Waals surface area contributed by atoms with Gasteiger partial charge in [-0.3, -0.25) is 9.59 Å². The van der Waals surface area contributed by atoms with Crippen molar-refractivity contribution in [3.63, 3.8) is 0 Å². The second-order valence-electron chi connectivity index (χ2n) is 4.46. The topological polar surface area (TPSA) is 52.7 Å². The Hall–Kier alpha value is -1.10. The maximum Gasteiger partial charge on any atom is 0.242 e. The molecule has 1 rings (SSSR count). The Morgan fingerprint density at radius 2 is 1.76 bits per heavy atom. The van der Waals surface area contributed by atoms with Crippen LogP contribution in [0.25, 0.3) is 0 Å². The summed E-state index contributed by atoms with van der Waals surface area (Å²) in [7, 11) is 1.90. The minimum absolute atomic E-state index is 0.0541. The van der Waals surface area contributed by atoms with E-state index in [9.17, 15) is 9.59 Å². The quantitative estimate of drug-likeness (QED) is 0.716. The Kier molecular flexibility index (Phi) is 5.41. The zero-order chi connectivity index (χ0) is 12.8. The monoisotopic (exact) mass is 241 g/mol. The molecule has 0 aromatic heterocycles. The molecule has 1 saturated heterocycles. The summed E-state index contributed by atoms with van der Waals surface area (Å²) < 4.78 is 0. The molecule has 1 atom stereocenters. The lowest BCUT2D eigenvalue weighted by Gasteiger charge is -2.35. The van der Waals surface area contributed by atoms with E-state index in [-0.39, 0.29) is 30.9 Å². The van der Waals surface area contributed by atoms with E-state index in [2.05, 4.69) is 12.2 Å². The van der Waals surface area contributed by atoms with Crippen molar-refractivity contribution in [1.29, 1.82) is 0 Å². The molecule has 1 fully saturated rings. The third-order valence-corrected chi connectivity index (χ3v) is 3.23. The first kappa shape index (κ1) is 14.0. The number of carbonyl (C=O) groups is 2. The number of amides is 2. The molecule has 1 heterocycles. The number of hydrogen-bond acceptors (Lipinski definition) is 3. The summed E-state index contributed by atoms with van der Waals surface area (Å²) in [6.45, 7) is 5.72. The minimum atomic E-state index is 0.0541. The highest BCUT2D eigenvalue weighted by molar-refractivity contribution is 5.92. The summed E-state index contributed by atoms with van der Waals surface area (Å²) in [6.07, 6.45) is 2.09. The number of nitrogens with zero attached hydrogens (tertiary/aromatic N) is 2. The summed E-state index contributed by atoms with van der Waals surface area (Å²) in [4.78, 5) is 26.9. The molecule has 1 unspecified atom stereocenters. The average Bonchev–Trinajstić information content (AvgIpc) is 2.32.